The fourth-order valence-electron chi connectivity index (χ4n) is 2.28. The van der Waals surface area contributed by atoms with Crippen molar-refractivity contribution in [2.75, 3.05) is 6.54 Å². The van der Waals surface area contributed by atoms with Crippen LogP contribution in [0.3, 0.4) is 0 Å². The molecule has 0 atom stereocenters. The molecule has 4 nitrogen and oxygen atoms in total. The van der Waals surface area contributed by atoms with Crippen molar-refractivity contribution in [2.24, 2.45) is 9.98 Å². The van der Waals surface area contributed by atoms with Gasteiger partial charge in [0.05, 0.1) is 11.4 Å². The lowest BCUT2D eigenvalue weighted by Crippen LogP contribution is -2.26. The van der Waals surface area contributed by atoms with Crippen molar-refractivity contribution in [3.63, 3.8) is 0 Å². The van der Waals surface area contributed by atoms with Gasteiger partial charge in [0.1, 0.15) is 6.34 Å². The Morgan fingerprint density at radius 2 is 2.40 bits per heavy atom. The van der Waals surface area contributed by atoms with Crippen LogP contribution in [0.5, 0.6) is 0 Å². The lowest BCUT2D eigenvalue weighted by molar-refractivity contribution is -0.126. The zero-order chi connectivity index (χ0) is 10.4. The Kier molecular flexibility index (Phi) is 1.65. The zero-order valence-corrected chi connectivity index (χ0v) is 8.53. The molecule has 0 aromatic heterocycles. The fourth-order valence-corrected chi connectivity index (χ4v) is 2.28. The summed E-state index contributed by atoms with van der Waals surface area (Å²) in [4.78, 5) is 21.6. The summed E-state index contributed by atoms with van der Waals surface area (Å²) in [5, 5.41) is 0. The highest BCUT2D eigenvalue weighted by Gasteiger charge is 2.30. The number of carbonyl (C=O) groups excluding carboxylic acids is 1. The Morgan fingerprint density at radius 1 is 1.53 bits per heavy atom. The minimum atomic E-state index is 0.122. The summed E-state index contributed by atoms with van der Waals surface area (Å²) in [6, 6.07) is 0. The molecule has 0 aromatic rings. The second-order valence-corrected chi connectivity index (χ2v) is 3.92. The van der Waals surface area contributed by atoms with Crippen LogP contribution < -0.4 is 0 Å². The van der Waals surface area contributed by atoms with E-state index >= 15 is 0 Å². The van der Waals surface area contributed by atoms with Crippen LogP contribution in [0.15, 0.2) is 33.0 Å². The smallest absolute Gasteiger partial charge is 0.223 e. The molecule has 0 spiro atoms. The highest BCUT2D eigenvalue weighted by molar-refractivity contribution is 6.10. The molecule has 76 valence electrons. The number of hydrogen-bond acceptors (Lipinski definition) is 3. The number of hydrogen-bond donors (Lipinski definition) is 0. The van der Waals surface area contributed by atoms with Gasteiger partial charge in [0.15, 0.2) is 0 Å². The number of carbonyl (C=O) groups is 1. The molecule has 0 saturated carbocycles. The van der Waals surface area contributed by atoms with Crippen LogP contribution in [0.4, 0.5) is 0 Å². The highest BCUT2D eigenvalue weighted by Crippen LogP contribution is 2.33. The molecule has 0 fully saturated rings. The summed E-state index contributed by atoms with van der Waals surface area (Å²) in [5.74, 6) is 0.122. The largest absolute Gasteiger partial charge is 0.315 e. The number of amides is 1. The SMILES string of the molecule is CC(=O)N1CCC2=C1CC1=NC=NC1=C2. The number of allylic oxidation sites excluding steroid dienone is 3. The molecule has 2 aliphatic heterocycles. The summed E-state index contributed by atoms with van der Waals surface area (Å²) in [6.07, 6.45) is 5.34. The molecule has 0 radical (unpaired) electrons. The van der Waals surface area contributed by atoms with Crippen LogP contribution in [0.1, 0.15) is 19.8 Å². The van der Waals surface area contributed by atoms with Crippen LogP contribution in [0, 0.1) is 0 Å². The standard InChI is InChI=1S/C11H11N3O/c1-7(15)14-3-2-8-4-9-10(5-11(8)14)13-6-12-9/h4,6H,2-3,5H2,1H3. The zero-order valence-electron chi connectivity index (χ0n) is 8.53. The minimum absolute atomic E-state index is 0.122. The molecule has 0 N–H and O–H groups in total. The molecule has 1 aliphatic carbocycles. The van der Waals surface area contributed by atoms with Gasteiger partial charge in [0.25, 0.3) is 0 Å². The number of aliphatic imine (C=N–C) groups is 2. The molecule has 0 bridgehead atoms. The average molecular weight is 201 g/mol. The third-order valence-electron chi connectivity index (χ3n) is 3.03. The molecule has 0 saturated heterocycles. The number of rotatable bonds is 0. The van der Waals surface area contributed by atoms with Crippen LogP contribution >= 0.6 is 0 Å². The molecule has 4 heteroatoms. The summed E-state index contributed by atoms with van der Waals surface area (Å²) in [7, 11) is 0. The van der Waals surface area contributed by atoms with Crippen LogP contribution in [0.25, 0.3) is 0 Å². The van der Waals surface area contributed by atoms with E-state index in [1.165, 1.54) is 5.57 Å². The first-order valence-corrected chi connectivity index (χ1v) is 5.07. The lowest BCUT2D eigenvalue weighted by atomic mass is 9.99. The van der Waals surface area contributed by atoms with Gasteiger partial charge in [-0.3, -0.25) is 4.79 Å². The maximum atomic E-state index is 11.4. The third-order valence-corrected chi connectivity index (χ3v) is 3.03. The Hall–Kier alpha value is -1.71. The van der Waals surface area contributed by atoms with Gasteiger partial charge >= 0.3 is 0 Å². The van der Waals surface area contributed by atoms with E-state index in [1.807, 2.05) is 4.90 Å². The lowest BCUT2D eigenvalue weighted by Gasteiger charge is -2.20. The first kappa shape index (κ1) is 8.59. The van der Waals surface area contributed by atoms with Gasteiger partial charge in [0, 0.05) is 25.6 Å². The molecular weight excluding hydrogens is 190 g/mol. The molecule has 3 rings (SSSR count). The quantitative estimate of drug-likeness (QED) is 0.582. The second-order valence-electron chi connectivity index (χ2n) is 3.92. The molecule has 0 unspecified atom stereocenters. The second kappa shape index (κ2) is 2.89. The Labute approximate surface area is 87.7 Å². The van der Waals surface area contributed by atoms with Gasteiger partial charge in [-0.15, -0.1) is 0 Å². The monoisotopic (exact) mass is 201 g/mol. The topological polar surface area (TPSA) is 45.0 Å². The van der Waals surface area contributed by atoms with Crippen LogP contribution in [-0.2, 0) is 4.79 Å². The van der Waals surface area contributed by atoms with E-state index in [9.17, 15) is 4.79 Å². The van der Waals surface area contributed by atoms with Crippen molar-refractivity contribution >= 4 is 18.0 Å². The predicted octanol–water partition coefficient (Wildman–Crippen LogP) is 1.26. The summed E-state index contributed by atoms with van der Waals surface area (Å²) in [5.41, 5.74) is 4.33. The highest BCUT2D eigenvalue weighted by atomic mass is 16.2. The fraction of sp³-hybridized carbons (Fsp3) is 0.364. The average Bonchev–Trinajstić information content (AvgIpc) is 2.77. The van der Waals surface area contributed by atoms with Crippen molar-refractivity contribution in [3.05, 3.63) is 23.0 Å². The molecular formula is C11H11N3O. The van der Waals surface area contributed by atoms with Crippen LogP contribution in [-0.4, -0.2) is 29.4 Å². The first-order valence-electron chi connectivity index (χ1n) is 5.07. The predicted molar refractivity (Wildman–Crippen MR) is 57.7 cm³/mol. The van der Waals surface area contributed by atoms with E-state index in [2.05, 4.69) is 16.1 Å². The maximum Gasteiger partial charge on any atom is 0.223 e. The summed E-state index contributed by atoms with van der Waals surface area (Å²) >= 11 is 0. The minimum Gasteiger partial charge on any atom is -0.315 e. The molecule has 2 heterocycles. The van der Waals surface area contributed by atoms with Gasteiger partial charge < -0.3 is 4.90 Å². The number of nitrogens with zero attached hydrogens (tertiary/aromatic N) is 3. The summed E-state index contributed by atoms with van der Waals surface area (Å²) < 4.78 is 0. The Morgan fingerprint density at radius 3 is 3.20 bits per heavy atom. The van der Waals surface area contributed by atoms with E-state index in [-0.39, 0.29) is 5.91 Å². The van der Waals surface area contributed by atoms with E-state index < -0.39 is 0 Å². The van der Waals surface area contributed by atoms with Crippen molar-refractivity contribution in [2.45, 2.75) is 19.8 Å². The number of fused-ring (bicyclic) bond motifs is 1. The Balaban J connectivity index is 2.01. The van der Waals surface area contributed by atoms with Gasteiger partial charge in [-0.25, -0.2) is 9.98 Å². The molecule has 1 amide bonds. The third kappa shape index (κ3) is 1.17. The van der Waals surface area contributed by atoms with Gasteiger partial charge in [-0.1, -0.05) is 0 Å². The van der Waals surface area contributed by atoms with E-state index in [4.69, 9.17) is 0 Å². The normalized spacial score (nSPS) is 22.6. The van der Waals surface area contributed by atoms with Crippen molar-refractivity contribution in [3.8, 4) is 0 Å². The molecule has 15 heavy (non-hydrogen) atoms. The van der Waals surface area contributed by atoms with E-state index in [1.54, 1.807) is 13.3 Å². The van der Waals surface area contributed by atoms with Crippen molar-refractivity contribution < 1.29 is 4.79 Å². The Bertz CT molecular complexity index is 468. The molecule has 0 aromatic carbocycles. The van der Waals surface area contributed by atoms with Crippen LogP contribution in [0.2, 0.25) is 0 Å². The first-order chi connectivity index (χ1) is 7.25. The van der Waals surface area contributed by atoms with Gasteiger partial charge in [-0.2, -0.15) is 0 Å². The van der Waals surface area contributed by atoms with E-state index in [0.29, 0.717) is 0 Å². The van der Waals surface area contributed by atoms with E-state index in [0.717, 1.165) is 36.5 Å². The van der Waals surface area contributed by atoms with Gasteiger partial charge in [0.2, 0.25) is 5.91 Å². The van der Waals surface area contributed by atoms with Gasteiger partial charge in [-0.05, 0) is 18.1 Å². The van der Waals surface area contributed by atoms with Crippen molar-refractivity contribution in [1.82, 2.24) is 4.90 Å². The molecule has 3 aliphatic rings. The van der Waals surface area contributed by atoms with Crippen molar-refractivity contribution in [1.29, 1.82) is 0 Å². The maximum absolute atomic E-state index is 11.4. The summed E-state index contributed by atoms with van der Waals surface area (Å²) in [6.45, 7) is 2.42.